The Morgan fingerprint density at radius 3 is 2.63 bits per heavy atom. The molecule has 0 radical (unpaired) electrons. The predicted molar refractivity (Wildman–Crippen MR) is 65.3 cm³/mol. The van der Waals surface area contributed by atoms with Gasteiger partial charge < -0.3 is 4.74 Å². The topological polar surface area (TPSA) is 39.2 Å². The minimum Gasteiger partial charge on any atom is -0.487 e. The van der Waals surface area contributed by atoms with E-state index in [-0.39, 0.29) is 17.9 Å². The molecule has 0 N–H and O–H groups in total. The zero-order chi connectivity index (χ0) is 13.7. The second kappa shape index (κ2) is 6.04. The summed E-state index contributed by atoms with van der Waals surface area (Å²) in [4.78, 5) is 14.8. The summed E-state index contributed by atoms with van der Waals surface area (Å²) in [5.41, 5.74) is 0.786. The molecule has 5 heteroatoms. The van der Waals surface area contributed by atoms with Crippen molar-refractivity contribution in [3.8, 4) is 5.75 Å². The van der Waals surface area contributed by atoms with Crippen LogP contribution in [0.4, 0.5) is 8.78 Å². The van der Waals surface area contributed by atoms with Crippen LogP contribution in [0.5, 0.6) is 5.75 Å². The van der Waals surface area contributed by atoms with Crippen LogP contribution in [0.15, 0.2) is 48.8 Å². The predicted octanol–water partition coefficient (Wildman–Crippen LogP) is 3.11. The zero-order valence-corrected chi connectivity index (χ0v) is 9.92. The van der Waals surface area contributed by atoms with Gasteiger partial charge in [-0.2, -0.15) is 0 Å². The number of carbonyl (C=O) groups is 1. The van der Waals surface area contributed by atoms with E-state index in [1.54, 1.807) is 0 Å². The highest BCUT2D eigenvalue weighted by Gasteiger charge is 2.18. The van der Waals surface area contributed by atoms with Crippen molar-refractivity contribution in [3.05, 3.63) is 59.9 Å². The molecule has 0 bridgehead atoms. The number of ether oxygens (including phenoxy) is 1. The standard InChI is InChI=1S/C14H11F2NO2/c15-14(16)13(18)11-6-12(8-17-7-11)19-9-10-4-2-1-3-5-10/h1-8,14H,9H2. The van der Waals surface area contributed by atoms with Gasteiger partial charge in [0, 0.05) is 11.8 Å². The van der Waals surface area contributed by atoms with E-state index in [2.05, 4.69) is 4.98 Å². The van der Waals surface area contributed by atoms with Gasteiger partial charge in [0.1, 0.15) is 12.4 Å². The van der Waals surface area contributed by atoms with Gasteiger partial charge in [0.25, 0.3) is 0 Å². The molecule has 1 aromatic carbocycles. The molecule has 2 aromatic rings. The number of carbonyl (C=O) groups excluding carboxylic acids is 1. The fraction of sp³-hybridized carbons (Fsp3) is 0.143. The molecule has 0 amide bonds. The summed E-state index contributed by atoms with van der Waals surface area (Å²) >= 11 is 0. The lowest BCUT2D eigenvalue weighted by atomic mass is 10.2. The minimum absolute atomic E-state index is 0.152. The Bertz CT molecular complexity index is 558. The zero-order valence-electron chi connectivity index (χ0n) is 9.92. The molecule has 0 atom stereocenters. The second-order valence-electron chi connectivity index (χ2n) is 3.85. The highest BCUT2D eigenvalue weighted by molar-refractivity contribution is 5.98. The largest absolute Gasteiger partial charge is 0.487 e. The maximum absolute atomic E-state index is 12.3. The molecule has 1 heterocycles. The van der Waals surface area contributed by atoms with Crippen molar-refractivity contribution in [1.29, 1.82) is 0 Å². The Balaban J connectivity index is 2.05. The fourth-order valence-corrected chi connectivity index (χ4v) is 1.50. The van der Waals surface area contributed by atoms with Crippen molar-refractivity contribution in [3.63, 3.8) is 0 Å². The van der Waals surface area contributed by atoms with Crippen LogP contribution in [0.2, 0.25) is 0 Å². The molecule has 0 spiro atoms. The van der Waals surface area contributed by atoms with Crippen LogP contribution in [-0.4, -0.2) is 17.2 Å². The first-order chi connectivity index (χ1) is 9.16. The number of Topliss-reactive ketones (excluding diaryl/α,β-unsaturated/α-hetero) is 1. The molecule has 1 aromatic heterocycles. The summed E-state index contributed by atoms with van der Waals surface area (Å²) in [5, 5.41) is 0. The van der Waals surface area contributed by atoms with Crippen LogP contribution in [0.3, 0.4) is 0 Å². The van der Waals surface area contributed by atoms with Gasteiger partial charge in [-0.15, -0.1) is 0 Å². The first kappa shape index (κ1) is 13.1. The molecule has 0 fully saturated rings. The van der Waals surface area contributed by atoms with E-state index in [0.29, 0.717) is 0 Å². The number of pyridine rings is 1. The molecule has 0 aliphatic rings. The molecular formula is C14H11F2NO2. The second-order valence-corrected chi connectivity index (χ2v) is 3.85. The molecular weight excluding hydrogens is 252 g/mol. The van der Waals surface area contributed by atoms with E-state index in [1.165, 1.54) is 12.3 Å². The smallest absolute Gasteiger partial charge is 0.300 e. The first-order valence-corrected chi connectivity index (χ1v) is 5.61. The Hall–Kier alpha value is -2.30. The summed E-state index contributed by atoms with van der Waals surface area (Å²) in [6.07, 6.45) is -0.555. The lowest BCUT2D eigenvalue weighted by Gasteiger charge is -2.07. The molecule has 0 saturated carbocycles. The summed E-state index contributed by atoms with van der Waals surface area (Å²) < 4.78 is 30.0. The van der Waals surface area contributed by atoms with Gasteiger partial charge in [-0.05, 0) is 11.6 Å². The maximum Gasteiger partial charge on any atom is 0.300 e. The molecule has 3 nitrogen and oxygen atoms in total. The first-order valence-electron chi connectivity index (χ1n) is 5.61. The van der Waals surface area contributed by atoms with Crippen molar-refractivity contribution in [2.45, 2.75) is 13.0 Å². The van der Waals surface area contributed by atoms with Crippen molar-refractivity contribution in [2.24, 2.45) is 0 Å². The third-order valence-corrected chi connectivity index (χ3v) is 2.44. The molecule has 0 saturated heterocycles. The Kier molecular flexibility index (Phi) is 4.18. The van der Waals surface area contributed by atoms with E-state index in [4.69, 9.17) is 4.74 Å². The molecule has 2 rings (SSSR count). The van der Waals surface area contributed by atoms with E-state index in [1.807, 2.05) is 30.3 Å². The third kappa shape index (κ3) is 3.58. The number of hydrogen-bond acceptors (Lipinski definition) is 3. The van der Waals surface area contributed by atoms with Gasteiger partial charge in [-0.3, -0.25) is 9.78 Å². The highest BCUT2D eigenvalue weighted by Crippen LogP contribution is 2.15. The van der Waals surface area contributed by atoms with E-state index < -0.39 is 12.2 Å². The van der Waals surface area contributed by atoms with Crippen molar-refractivity contribution >= 4 is 5.78 Å². The SMILES string of the molecule is O=C(c1cncc(OCc2ccccc2)c1)C(F)F. The van der Waals surface area contributed by atoms with E-state index in [9.17, 15) is 13.6 Å². The number of hydrogen-bond donors (Lipinski definition) is 0. The quantitative estimate of drug-likeness (QED) is 0.778. The number of alkyl halides is 2. The Labute approximate surface area is 108 Å². The highest BCUT2D eigenvalue weighted by atomic mass is 19.3. The van der Waals surface area contributed by atoms with Crippen LogP contribution in [-0.2, 0) is 6.61 Å². The molecule has 19 heavy (non-hydrogen) atoms. The number of nitrogens with zero attached hydrogens (tertiary/aromatic N) is 1. The summed E-state index contributed by atoms with van der Waals surface area (Å²) in [7, 11) is 0. The van der Waals surface area contributed by atoms with Crippen LogP contribution >= 0.6 is 0 Å². The van der Waals surface area contributed by atoms with E-state index in [0.717, 1.165) is 11.8 Å². The van der Waals surface area contributed by atoms with Gasteiger partial charge in [-0.25, -0.2) is 8.78 Å². The average Bonchev–Trinajstić information content (AvgIpc) is 2.45. The number of aromatic nitrogens is 1. The number of benzene rings is 1. The fourth-order valence-electron chi connectivity index (χ4n) is 1.50. The normalized spacial score (nSPS) is 10.5. The summed E-state index contributed by atoms with van der Waals surface area (Å²) in [5.74, 6) is -0.965. The van der Waals surface area contributed by atoms with Crippen molar-refractivity contribution in [2.75, 3.05) is 0 Å². The third-order valence-electron chi connectivity index (χ3n) is 2.44. The van der Waals surface area contributed by atoms with Crippen molar-refractivity contribution < 1.29 is 18.3 Å². The number of rotatable bonds is 5. The lowest BCUT2D eigenvalue weighted by Crippen LogP contribution is -2.10. The summed E-state index contributed by atoms with van der Waals surface area (Å²) in [6.45, 7) is 0.287. The van der Waals surface area contributed by atoms with Gasteiger partial charge in [0.2, 0.25) is 5.78 Å². The average molecular weight is 263 g/mol. The Morgan fingerprint density at radius 2 is 1.95 bits per heavy atom. The summed E-state index contributed by atoms with van der Waals surface area (Å²) in [6, 6.07) is 10.6. The minimum atomic E-state index is -3.04. The molecule has 0 aliphatic heterocycles. The van der Waals surface area contributed by atoms with Gasteiger partial charge in [-0.1, -0.05) is 30.3 Å². The van der Waals surface area contributed by atoms with Gasteiger partial charge in [0.15, 0.2) is 0 Å². The van der Waals surface area contributed by atoms with Crippen LogP contribution < -0.4 is 4.74 Å². The number of halogens is 2. The molecule has 0 unspecified atom stereocenters. The molecule has 0 aliphatic carbocycles. The van der Waals surface area contributed by atoms with Gasteiger partial charge >= 0.3 is 6.43 Å². The maximum atomic E-state index is 12.3. The van der Waals surface area contributed by atoms with Crippen LogP contribution in [0.25, 0.3) is 0 Å². The Morgan fingerprint density at radius 1 is 1.21 bits per heavy atom. The van der Waals surface area contributed by atoms with Gasteiger partial charge in [0.05, 0.1) is 6.20 Å². The van der Waals surface area contributed by atoms with Crippen LogP contribution in [0, 0.1) is 0 Å². The van der Waals surface area contributed by atoms with Crippen molar-refractivity contribution in [1.82, 2.24) is 4.98 Å². The monoisotopic (exact) mass is 263 g/mol. The molecule has 98 valence electrons. The number of ketones is 1. The van der Waals surface area contributed by atoms with Crippen LogP contribution in [0.1, 0.15) is 15.9 Å². The lowest BCUT2D eigenvalue weighted by molar-refractivity contribution is 0.0678. The van der Waals surface area contributed by atoms with E-state index >= 15 is 0 Å².